The lowest BCUT2D eigenvalue weighted by Crippen LogP contribution is -2.39. The Morgan fingerprint density at radius 3 is 2.33 bits per heavy atom. The lowest BCUT2D eigenvalue weighted by atomic mass is 9.79. The highest BCUT2D eigenvalue weighted by Crippen LogP contribution is 2.28. The number of hydrogen-bond donors (Lipinski definition) is 2. The van der Waals surface area contributed by atoms with Crippen LogP contribution < -0.4 is 10.6 Å². The fourth-order valence-corrected chi connectivity index (χ4v) is 3.20. The summed E-state index contributed by atoms with van der Waals surface area (Å²) < 4.78 is 10.4. The largest absolute Gasteiger partial charge is 0.379 e. The zero-order valence-corrected chi connectivity index (χ0v) is 17.1. The van der Waals surface area contributed by atoms with Crippen LogP contribution in [0.15, 0.2) is 0 Å². The smallest absolute Gasteiger partial charge is 0.246 e. The molecule has 0 bridgehead atoms. The molecule has 0 spiro atoms. The van der Waals surface area contributed by atoms with Gasteiger partial charge in [-0.25, -0.2) is 0 Å². The molecule has 0 aromatic carbocycles. The van der Waals surface area contributed by atoms with Gasteiger partial charge in [0.25, 0.3) is 0 Å². The molecule has 1 rings (SSSR count). The predicted molar refractivity (Wildman–Crippen MR) is 103 cm³/mol. The van der Waals surface area contributed by atoms with Crippen molar-refractivity contribution in [3.05, 3.63) is 0 Å². The molecule has 1 saturated carbocycles. The number of rotatable bonds is 13. The van der Waals surface area contributed by atoms with Gasteiger partial charge in [0, 0.05) is 37.5 Å². The van der Waals surface area contributed by atoms with Crippen molar-refractivity contribution in [3.63, 3.8) is 0 Å². The van der Waals surface area contributed by atoms with E-state index in [1.165, 1.54) is 0 Å². The van der Waals surface area contributed by atoms with E-state index in [1.807, 2.05) is 20.8 Å². The fourth-order valence-electron chi connectivity index (χ4n) is 3.20. The first-order chi connectivity index (χ1) is 13.0. The maximum absolute atomic E-state index is 12.2. The van der Waals surface area contributed by atoms with Gasteiger partial charge in [-0.2, -0.15) is 0 Å². The van der Waals surface area contributed by atoms with Crippen molar-refractivity contribution in [1.82, 2.24) is 10.6 Å². The third kappa shape index (κ3) is 9.86. The van der Waals surface area contributed by atoms with Gasteiger partial charge in [0.1, 0.15) is 12.4 Å². The number of amides is 2. The van der Waals surface area contributed by atoms with Crippen LogP contribution in [0.2, 0.25) is 0 Å². The van der Waals surface area contributed by atoms with Gasteiger partial charge in [0.05, 0.1) is 13.2 Å². The summed E-state index contributed by atoms with van der Waals surface area (Å²) in [5, 5.41) is 5.72. The van der Waals surface area contributed by atoms with E-state index in [9.17, 15) is 14.4 Å². The summed E-state index contributed by atoms with van der Waals surface area (Å²) in [6, 6.07) is 0.163. The molecule has 7 nitrogen and oxygen atoms in total. The summed E-state index contributed by atoms with van der Waals surface area (Å²) in [6.45, 7) is 7.55. The third-order valence-corrected chi connectivity index (χ3v) is 5.07. The average molecular weight is 385 g/mol. The summed E-state index contributed by atoms with van der Waals surface area (Å²) in [4.78, 5) is 35.5. The van der Waals surface area contributed by atoms with Crippen LogP contribution in [-0.2, 0) is 23.9 Å². The molecule has 1 aliphatic carbocycles. The van der Waals surface area contributed by atoms with Crippen LogP contribution in [-0.4, -0.2) is 56.6 Å². The van der Waals surface area contributed by atoms with Crippen LogP contribution in [0.1, 0.15) is 59.3 Å². The zero-order valence-electron chi connectivity index (χ0n) is 17.1. The average Bonchev–Trinajstić information content (AvgIpc) is 2.68. The first-order valence-electron chi connectivity index (χ1n) is 10.2. The second-order valence-corrected chi connectivity index (χ2v) is 7.18. The van der Waals surface area contributed by atoms with Crippen LogP contribution in [0.4, 0.5) is 0 Å². The van der Waals surface area contributed by atoms with Crippen LogP contribution in [0, 0.1) is 11.8 Å². The van der Waals surface area contributed by atoms with Crippen molar-refractivity contribution >= 4 is 17.6 Å². The number of ether oxygens (including phenoxy) is 2. The molecule has 2 amide bonds. The van der Waals surface area contributed by atoms with Crippen LogP contribution in [0.3, 0.4) is 0 Å². The van der Waals surface area contributed by atoms with Gasteiger partial charge in [-0.1, -0.05) is 13.8 Å². The molecule has 0 saturated heterocycles. The normalized spacial score (nSPS) is 20.7. The number of carbonyl (C=O) groups excluding carboxylic acids is 3. The van der Waals surface area contributed by atoms with Crippen molar-refractivity contribution in [3.8, 4) is 0 Å². The Morgan fingerprint density at radius 2 is 1.70 bits per heavy atom. The molecule has 27 heavy (non-hydrogen) atoms. The molecule has 0 aromatic heterocycles. The van der Waals surface area contributed by atoms with E-state index < -0.39 is 0 Å². The number of nitrogens with one attached hydrogen (secondary N) is 2. The van der Waals surface area contributed by atoms with Crippen LogP contribution in [0.25, 0.3) is 0 Å². The molecule has 156 valence electrons. The molecule has 1 unspecified atom stereocenters. The molecule has 7 heteroatoms. The minimum atomic E-state index is -0.166. The summed E-state index contributed by atoms with van der Waals surface area (Å²) in [6.07, 6.45) is 4.67. The van der Waals surface area contributed by atoms with E-state index in [0.717, 1.165) is 32.1 Å². The van der Waals surface area contributed by atoms with E-state index in [4.69, 9.17) is 9.47 Å². The van der Waals surface area contributed by atoms with Crippen molar-refractivity contribution in [2.75, 3.05) is 33.0 Å². The van der Waals surface area contributed by atoms with E-state index >= 15 is 0 Å². The standard InChI is InChI=1S/C20H36N2O5/c1-4-15(3)20(25)16-6-8-17(9-7-16)22-18(23)10-12-27-13-11-21-19(24)14-26-5-2/h15-17H,4-14H2,1-3H3,(H,21,24)(H,22,23). The Labute approximate surface area is 162 Å². The van der Waals surface area contributed by atoms with Crippen molar-refractivity contribution in [2.45, 2.75) is 65.3 Å². The van der Waals surface area contributed by atoms with E-state index in [2.05, 4.69) is 10.6 Å². The minimum absolute atomic E-state index is 0.0212. The van der Waals surface area contributed by atoms with Crippen molar-refractivity contribution < 1.29 is 23.9 Å². The molecule has 0 aromatic rings. The Hall–Kier alpha value is -1.47. The van der Waals surface area contributed by atoms with Gasteiger partial charge in [-0.05, 0) is 39.0 Å². The maximum atomic E-state index is 12.2. The highest BCUT2D eigenvalue weighted by atomic mass is 16.5. The molecule has 1 fully saturated rings. The quantitative estimate of drug-likeness (QED) is 0.473. The van der Waals surface area contributed by atoms with Gasteiger partial charge in [-0.15, -0.1) is 0 Å². The lowest BCUT2D eigenvalue weighted by Gasteiger charge is -2.29. The fraction of sp³-hybridized carbons (Fsp3) is 0.850. The number of carbonyl (C=O) groups is 3. The Kier molecular flexibility index (Phi) is 11.9. The summed E-state index contributed by atoms with van der Waals surface area (Å²) in [7, 11) is 0. The molecule has 0 radical (unpaired) electrons. The predicted octanol–water partition coefficient (Wildman–Crippen LogP) is 1.84. The number of hydrogen-bond acceptors (Lipinski definition) is 5. The first-order valence-corrected chi connectivity index (χ1v) is 10.2. The number of ketones is 1. The lowest BCUT2D eigenvalue weighted by molar-refractivity contribution is -0.128. The molecule has 2 N–H and O–H groups in total. The molecule has 1 aliphatic rings. The van der Waals surface area contributed by atoms with E-state index in [-0.39, 0.29) is 36.3 Å². The van der Waals surface area contributed by atoms with E-state index in [0.29, 0.717) is 38.6 Å². The highest BCUT2D eigenvalue weighted by molar-refractivity contribution is 5.83. The molecule has 0 heterocycles. The Bertz CT molecular complexity index is 461. The van der Waals surface area contributed by atoms with Crippen molar-refractivity contribution in [2.24, 2.45) is 11.8 Å². The SMILES string of the molecule is CCOCC(=O)NCCOCCC(=O)NC1CCC(C(=O)C(C)CC)CC1. The molecule has 1 atom stereocenters. The second-order valence-electron chi connectivity index (χ2n) is 7.18. The summed E-state index contributed by atoms with van der Waals surface area (Å²) >= 11 is 0. The van der Waals surface area contributed by atoms with E-state index in [1.54, 1.807) is 0 Å². The number of Topliss-reactive ketones (excluding diaryl/α,β-unsaturated/α-hetero) is 1. The minimum Gasteiger partial charge on any atom is -0.379 e. The van der Waals surface area contributed by atoms with Gasteiger partial charge in [0.15, 0.2) is 0 Å². The summed E-state index contributed by atoms with van der Waals surface area (Å²) in [5.74, 6) is 0.494. The zero-order chi connectivity index (χ0) is 20.1. The Balaban J connectivity index is 2.06. The monoisotopic (exact) mass is 384 g/mol. The Morgan fingerprint density at radius 1 is 1.00 bits per heavy atom. The van der Waals surface area contributed by atoms with Crippen LogP contribution in [0.5, 0.6) is 0 Å². The summed E-state index contributed by atoms with van der Waals surface area (Å²) in [5.41, 5.74) is 0. The van der Waals surface area contributed by atoms with Crippen molar-refractivity contribution in [1.29, 1.82) is 0 Å². The van der Waals surface area contributed by atoms with Gasteiger partial charge < -0.3 is 20.1 Å². The van der Waals surface area contributed by atoms with Gasteiger partial charge in [0.2, 0.25) is 11.8 Å². The molecule has 0 aliphatic heterocycles. The molecular weight excluding hydrogens is 348 g/mol. The van der Waals surface area contributed by atoms with Crippen LogP contribution >= 0.6 is 0 Å². The maximum Gasteiger partial charge on any atom is 0.246 e. The molecular formula is C20H36N2O5. The first kappa shape index (κ1) is 23.6. The third-order valence-electron chi connectivity index (χ3n) is 5.07. The van der Waals surface area contributed by atoms with Gasteiger partial charge >= 0.3 is 0 Å². The van der Waals surface area contributed by atoms with Gasteiger partial charge in [-0.3, -0.25) is 14.4 Å². The highest BCUT2D eigenvalue weighted by Gasteiger charge is 2.28. The topological polar surface area (TPSA) is 93.7 Å². The second kappa shape index (κ2) is 13.7.